The molecule has 0 saturated heterocycles. The Bertz CT molecular complexity index is 698. The van der Waals surface area contributed by atoms with Gasteiger partial charge in [-0.2, -0.15) is 0 Å². The molecule has 0 amide bonds. The molecule has 102 valence electrons. The molecule has 0 aliphatic carbocycles. The molecule has 2 aromatic carbocycles. The minimum Gasteiger partial charge on any atom is -0.471 e. The first-order valence-corrected chi connectivity index (χ1v) is 6.83. The second-order valence-corrected chi connectivity index (χ2v) is 4.89. The highest BCUT2D eigenvalue weighted by Crippen LogP contribution is 2.32. The Balaban J connectivity index is 1.99. The maximum Gasteiger partial charge on any atom is 0.0987 e. The molecule has 3 aromatic rings. The molecule has 1 nitrogen and oxygen atoms in total. The summed E-state index contributed by atoms with van der Waals surface area (Å²) in [5, 5.41) is 0. The normalized spacial score (nSPS) is 10.3. The van der Waals surface area contributed by atoms with Crippen molar-refractivity contribution in [3.63, 3.8) is 0 Å². The first kappa shape index (κ1) is 13.2. The lowest BCUT2D eigenvalue weighted by molar-refractivity contribution is 0.566. The first-order chi connectivity index (χ1) is 10.3. The van der Waals surface area contributed by atoms with E-state index in [9.17, 15) is 0 Å². The second kappa shape index (κ2) is 5.68. The lowest BCUT2D eigenvalue weighted by Gasteiger charge is -2.09. The van der Waals surface area contributed by atoms with Gasteiger partial charge in [-0.15, -0.1) is 0 Å². The van der Waals surface area contributed by atoms with E-state index in [4.69, 9.17) is 4.42 Å². The van der Waals surface area contributed by atoms with Crippen molar-refractivity contribution in [1.82, 2.24) is 0 Å². The summed E-state index contributed by atoms with van der Waals surface area (Å²) >= 11 is 0. The van der Waals surface area contributed by atoms with Crippen LogP contribution in [0.25, 0.3) is 11.1 Å². The Kier molecular flexibility index (Phi) is 3.57. The predicted octanol–water partition coefficient (Wildman–Crippen LogP) is 5.40. The fourth-order valence-corrected chi connectivity index (χ4v) is 2.35. The van der Waals surface area contributed by atoms with Crippen molar-refractivity contribution < 1.29 is 4.42 Å². The topological polar surface area (TPSA) is 13.1 Å². The van der Waals surface area contributed by atoms with Gasteiger partial charge in [-0.05, 0) is 22.3 Å². The minimum atomic E-state index is 0.941. The van der Waals surface area contributed by atoms with Crippen LogP contribution in [0, 0.1) is 0 Å². The van der Waals surface area contributed by atoms with E-state index in [2.05, 4.69) is 13.2 Å². The van der Waals surface area contributed by atoms with Crippen LogP contribution in [0.4, 0.5) is 0 Å². The highest BCUT2D eigenvalue weighted by Gasteiger charge is 2.14. The Hall–Kier alpha value is -2.80. The molecule has 0 unspecified atom stereocenters. The first-order valence-electron chi connectivity index (χ1n) is 6.83. The summed E-state index contributed by atoms with van der Waals surface area (Å²) in [5.41, 5.74) is 6.01. The molecule has 1 aromatic heterocycles. The largest absolute Gasteiger partial charge is 0.471 e. The molecule has 3 rings (SSSR count). The van der Waals surface area contributed by atoms with Crippen LogP contribution in [0.15, 0.2) is 90.8 Å². The second-order valence-electron chi connectivity index (χ2n) is 4.89. The van der Waals surface area contributed by atoms with Gasteiger partial charge in [-0.1, -0.05) is 73.8 Å². The van der Waals surface area contributed by atoms with Crippen LogP contribution in [0.1, 0.15) is 22.3 Å². The highest BCUT2D eigenvalue weighted by molar-refractivity contribution is 5.89. The van der Waals surface area contributed by atoms with E-state index in [0.717, 1.165) is 33.4 Å². The van der Waals surface area contributed by atoms with Gasteiger partial charge in [0.15, 0.2) is 0 Å². The molecule has 0 aliphatic rings. The standard InChI is InChI=1S/C20H16O/c1-15(17-9-5-3-6-10-17)19-13-21-14-20(19)16(2)18-11-7-4-8-12-18/h3-14H,1-2H2. The van der Waals surface area contributed by atoms with Gasteiger partial charge in [-0.25, -0.2) is 0 Å². The Morgan fingerprint density at radius 1 is 0.619 bits per heavy atom. The Morgan fingerprint density at radius 2 is 1.00 bits per heavy atom. The van der Waals surface area contributed by atoms with E-state index in [1.165, 1.54) is 0 Å². The maximum atomic E-state index is 5.41. The smallest absolute Gasteiger partial charge is 0.0987 e. The fourth-order valence-electron chi connectivity index (χ4n) is 2.35. The van der Waals surface area contributed by atoms with Crippen LogP contribution in [-0.4, -0.2) is 0 Å². The zero-order valence-electron chi connectivity index (χ0n) is 11.8. The summed E-state index contributed by atoms with van der Waals surface area (Å²) in [6, 6.07) is 20.2. The lowest BCUT2D eigenvalue weighted by Crippen LogP contribution is -1.91. The van der Waals surface area contributed by atoms with Crippen LogP contribution in [0.2, 0.25) is 0 Å². The molecular weight excluding hydrogens is 256 g/mol. The molecule has 1 heteroatoms. The van der Waals surface area contributed by atoms with Gasteiger partial charge in [0.2, 0.25) is 0 Å². The van der Waals surface area contributed by atoms with E-state index in [1.807, 2.05) is 60.7 Å². The molecule has 0 saturated carbocycles. The lowest BCUT2D eigenvalue weighted by atomic mass is 9.93. The van der Waals surface area contributed by atoms with Gasteiger partial charge in [0, 0.05) is 11.1 Å². The summed E-state index contributed by atoms with van der Waals surface area (Å²) in [5.74, 6) is 0. The van der Waals surface area contributed by atoms with Crippen molar-refractivity contribution in [2.75, 3.05) is 0 Å². The van der Waals surface area contributed by atoms with Gasteiger partial charge in [0.05, 0.1) is 12.5 Å². The minimum absolute atomic E-state index is 0.941. The summed E-state index contributed by atoms with van der Waals surface area (Å²) in [4.78, 5) is 0. The van der Waals surface area contributed by atoms with Crippen LogP contribution < -0.4 is 0 Å². The van der Waals surface area contributed by atoms with Crippen molar-refractivity contribution >= 4 is 11.1 Å². The zero-order chi connectivity index (χ0) is 14.7. The fraction of sp³-hybridized carbons (Fsp3) is 0. The number of hydrogen-bond donors (Lipinski definition) is 0. The monoisotopic (exact) mass is 272 g/mol. The van der Waals surface area contributed by atoms with Crippen LogP contribution >= 0.6 is 0 Å². The number of benzene rings is 2. The summed E-state index contributed by atoms with van der Waals surface area (Å²) in [6.45, 7) is 8.41. The van der Waals surface area contributed by atoms with Crippen molar-refractivity contribution in [2.45, 2.75) is 0 Å². The molecular formula is C20H16O. The zero-order valence-corrected chi connectivity index (χ0v) is 11.8. The average Bonchev–Trinajstić information content (AvgIpc) is 3.04. The number of rotatable bonds is 4. The Morgan fingerprint density at radius 3 is 1.38 bits per heavy atom. The third-order valence-corrected chi connectivity index (χ3v) is 3.56. The van der Waals surface area contributed by atoms with E-state index in [-0.39, 0.29) is 0 Å². The summed E-state index contributed by atoms with van der Waals surface area (Å²) in [6.07, 6.45) is 3.47. The highest BCUT2D eigenvalue weighted by atomic mass is 16.3. The maximum absolute atomic E-state index is 5.41. The third-order valence-electron chi connectivity index (χ3n) is 3.56. The average molecular weight is 272 g/mol. The van der Waals surface area contributed by atoms with Gasteiger partial charge in [-0.3, -0.25) is 0 Å². The number of furan rings is 1. The van der Waals surface area contributed by atoms with Crippen molar-refractivity contribution in [1.29, 1.82) is 0 Å². The quantitative estimate of drug-likeness (QED) is 0.619. The van der Waals surface area contributed by atoms with Crippen molar-refractivity contribution in [2.24, 2.45) is 0 Å². The predicted molar refractivity (Wildman–Crippen MR) is 87.9 cm³/mol. The van der Waals surface area contributed by atoms with E-state index in [0.29, 0.717) is 0 Å². The summed E-state index contributed by atoms with van der Waals surface area (Å²) < 4.78 is 5.41. The third kappa shape index (κ3) is 2.59. The van der Waals surface area contributed by atoms with Gasteiger partial charge >= 0.3 is 0 Å². The van der Waals surface area contributed by atoms with Crippen LogP contribution in [-0.2, 0) is 0 Å². The Labute approximate surface area is 124 Å². The van der Waals surface area contributed by atoms with Gasteiger partial charge in [0.1, 0.15) is 0 Å². The SMILES string of the molecule is C=C(c1ccccc1)c1cocc1C(=C)c1ccccc1. The molecule has 0 bridgehead atoms. The summed E-state index contributed by atoms with van der Waals surface area (Å²) in [7, 11) is 0. The van der Waals surface area contributed by atoms with Crippen molar-refractivity contribution in [3.05, 3.63) is 109 Å². The van der Waals surface area contributed by atoms with Crippen LogP contribution in [0.3, 0.4) is 0 Å². The number of hydrogen-bond acceptors (Lipinski definition) is 1. The molecule has 0 atom stereocenters. The van der Waals surface area contributed by atoms with Gasteiger partial charge < -0.3 is 4.42 Å². The van der Waals surface area contributed by atoms with E-state index in [1.54, 1.807) is 12.5 Å². The molecule has 0 aliphatic heterocycles. The molecule has 0 spiro atoms. The molecule has 21 heavy (non-hydrogen) atoms. The van der Waals surface area contributed by atoms with E-state index >= 15 is 0 Å². The van der Waals surface area contributed by atoms with Crippen molar-refractivity contribution in [3.8, 4) is 0 Å². The molecule has 1 heterocycles. The van der Waals surface area contributed by atoms with Crippen LogP contribution in [0.5, 0.6) is 0 Å². The molecule has 0 N–H and O–H groups in total. The molecule has 0 radical (unpaired) electrons. The molecule has 0 fully saturated rings. The van der Waals surface area contributed by atoms with E-state index < -0.39 is 0 Å². The van der Waals surface area contributed by atoms with Gasteiger partial charge in [0.25, 0.3) is 0 Å².